The molecule has 0 heterocycles. The van der Waals surface area contributed by atoms with Crippen molar-refractivity contribution in [2.45, 2.75) is 13.8 Å². The lowest BCUT2D eigenvalue weighted by atomic mass is 10.1. The van der Waals surface area contributed by atoms with E-state index < -0.39 is 0 Å². The SMILES string of the molecule is COc1ccc(OC)c(C(=O)NCCOc2ccc(C)cc2C)c1. The van der Waals surface area contributed by atoms with Crippen molar-refractivity contribution in [2.75, 3.05) is 27.4 Å². The van der Waals surface area contributed by atoms with Crippen molar-refractivity contribution in [1.82, 2.24) is 5.32 Å². The first kappa shape index (κ1) is 17.7. The van der Waals surface area contributed by atoms with Crippen LogP contribution in [0.4, 0.5) is 0 Å². The zero-order valence-electron chi connectivity index (χ0n) is 14.5. The number of nitrogens with one attached hydrogen (secondary N) is 1. The summed E-state index contributed by atoms with van der Waals surface area (Å²) in [5, 5.41) is 2.83. The highest BCUT2D eigenvalue weighted by molar-refractivity contribution is 5.97. The summed E-state index contributed by atoms with van der Waals surface area (Å²) in [7, 11) is 3.09. The zero-order chi connectivity index (χ0) is 17.5. The van der Waals surface area contributed by atoms with E-state index in [1.165, 1.54) is 12.7 Å². The molecule has 0 saturated carbocycles. The molecular weight excluding hydrogens is 306 g/mol. The van der Waals surface area contributed by atoms with Gasteiger partial charge in [0.1, 0.15) is 23.9 Å². The Morgan fingerprint density at radius 3 is 2.42 bits per heavy atom. The first-order chi connectivity index (χ1) is 11.5. The van der Waals surface area contributed by atoms with Crippen molar-refractivity contribution in [1.29, 1.82) is 0 Å². The van der Waals surface area contributed by atoms with Crippen molar-refractivity contribution in [3.63, 3.8) is 0 Å². The van der Waals surface area contributed by atoms with Gasteiger partial charge in [-0.1, -0.05) is 17.7 Å². The Morgan fingerprint density at radius 2 is 1.75 bits per heavy atom. The standard InChI is InChI=1S/C19H23NO4/c1-13-5-7-17(14(2)11-13)24-10-9-20-19(21)16-12-15(22-3)6-8-18(16)23-4/h5-8,11-12H,9-10H2,1-4H3,(H,20,21). The number of aryl methyl sites for hydroxylation is 2. The molecular formula is C19H23NO4. The number of carbonyl (C=O) groups is 1. The summed E-state index contributed by atoms with van der Waals surface area (Å²) < 4.78 is 16.1. The molecule has 1 amide bonds. The van der Waals surface area contributed by atoms with Crippen LogP contribution in [0.15, 0.2) is 36.4 Å². The van der Waals surface area contributed by atoms with Crippen LogP contribution in [-0.2, 0) is 0 Å². The number of benzene rings is 2. The van der Waals surface area contributed by atoms with E-state index in [0.29, 0.717) is 30.2 Å². The minimum Gasteiger partial charge on any atom is -0.497 e. The minimum absolute atomic E-state index is 0.227. The van der Waals surface area contributed by atoms with E-state index in [1.807, 2.05) is 26.0 Å². The Labute approximate surface area is 142 Å². The number of carbonyl (C=O) groups excluding carboxylic acids is 1. The van der Waals surface area contributed by atoms with Gasteiger partial charge in [0.05, 0.1) is 26.3 Å². The van der Waals surface area contributed by atoms with E-state index in [2.05, 4.69) is 11.4 Å². The Bertz CT molecular complexity index is 713. The van der Waals surface area contributed by atoms with Crippen molar-refractivity contribution in [3.05, 3.63) is 53.1 Å². The number of hydrogen-bond donors (Lipinski definition) is 1. The maximum atomic E-state index is 12.3. The van der Waals surface area contributed by atoms with Crippen molar-refractivity contribution >= 4 is 5.91 Å². The second kappa shape index (κ2) is 8.24. The maximum absolute atomic E-state index is 12.3. The summed E-state index contributed by atoms with van der Waals surface area (Å²) in [6, 6.07) is 11.1. The van der Waals surface area contributed by atoms with Crippen molar-refractivity contribution < 1.29 is 19.0 Å². The second-order valence-corrected chi connectivity index (χ2v) is 5.44. The Hall–Kier alpha value is -2.69. The molecule has 0 aromatic heterocycles. The topological polar surface area (TPSA) is 56.8 Å². The van der Waals surface area contributed by atoms with Gasteiger partial charge in [-0.05, 0) is 43.7 Å². The first-order valence-corrected chi connectivity index (χ1v) is 7.75. The highest BCUT2D eigenvalue weighted by atomic mass is 16.5. The molecule has 2 aromatic carbocycles. The third-order valence-corrected chi connectivity index (χ3v) is 3.63. The highest BCUT2D eigenvalue weighted by Gasteiger charge is 2.13. The summed E-state index contributed by atoms with van der Waals surface area (Å²) in [4.78, 5) is 12.3. The average Bonchev–Trinajstić information content (AvgIpc) is 2.59. The van der Waals surface area contributed by atoms with Gasteiger partial charge in [0.25, 0.3) is 5.91 Å². The second-order valence-electron chi connectivity index (χ2n) is 5.44. The molecule has 2 aromatic rings. The summed E-state index contributed by atoms with van der Waals surface area (Å²) in [6.07, 6.45) is 0. The number of rotatable bonds is 7. The largest absolute Gasteiger partial charge is 0.497 e. The number of hydrogen-bond acceptors (Lipinski definition) is 4. The van der Waals surface area contributed by atoms with Crippen LogP contribution in [0.1, 0.15) is 21.5 Å². The molecule has 5 heteroatoms. The molecule has 1 N–H and O–H groups in total. The quantitative estimate of drug-likeness (QED) is 0.793. The van der Waals surface area contributed by atoms with Crippen LogP contribution >= 0.6 is 0 Å². The lowest BCUT2D eigenvalue weighted by Gasteiger charge is -2.12. The minimum atomic E-state index is -0.227. The van der Waals surface area contributed by atoms with E-state index in [0.717, 1.165) is 11.3 Å². The first-order valence-electron chi connectivity index (χ1n) is 7.75. The van der Waals surface area contributed by atoms with Gasteiger partial charge in [0.2, 0.25) is 0 Å². The molecule has 128 valence electrons. The van der Waals surface area contributed by atoms with Crippen molar-refractivity contribution in [3.8, 4) is 17.2 Å². The maximum Gasteiger partial charge on any atom is 0.255 e. The van der Waals surface area contributed by atoms with E-state index >= 15 is 0 Å². The Kier molecular flexibility index (Phi) is 6.07. The van der Waals surface area contributed by atoms with Gasteiger partial charge >= 0.3 is 0 Å². The highest BCUT2D eigenvalue weighted by Crippen LogP contribution is 2.23. The molecule has 0 atom stereocenters. The predicted octanol–water partition coefficient (Wildman–Crippen LogP) is 3.13. The number of amides is 1. The molecule has 0 fully saturated rings. The molecule has 0 spiro atoms. The third-order valence-electron chi connectivity index (χ3n) is 3.63. The Balaban J connectivity index is 1.91. The number of methoxy groups -OCH3 is 2. The molecule has 0 aliphatic heterocycles. The lowest BCUT2D eigenvalue weighted by molar-refractivity contribution is 0.0943. The van der Waals surface area contributed by atoms with Crippen LogP contribution in [-0.4, -0.2) is 33.3 Å². The molecule has 24 heavy (non-hydrogen) atoms. The van der Waals surface area contributed by atoms with Crippen LogP contribution in [0, 0.1) is 13.8 Å². The van der Waals surface area contributed by atoms with Gasteiger partial charge < -0.3 is 19.5 Å². The molecule has 0 aliphatic carbocycles. The normalized spacial score (nSPS) is 10.2. The predicted molar refractivity (Wildman–Crippen MR) is 93.3 cm³/mol. The number of ether oxygens (including phenoxy) is 3. The molecule has 0 radical (unpaired) electrons. The lowest BCUT2D eigenvalue weighted by Crippen LogP contribution is -2.28. The molecule has 0 bridgehead atoms. The summed E-state index contributed by atoms with van der Waals surface area (Å²) in [6.45, 7) is 4.83. The summed E-state index contributed by atoms with van der Waals surface area (Å²) in [5.74, 6) is 1.71. The fourth-order valence-electron chi connectivity index (χ4n) is 2.37. The van der Waals surface area contributed by atoms with Crippen LogP contribution in [0.3, 0.4) is 0 Å². The van der Waals surface area contributed by atoms with Crippen molar-refractivity contribution in [2.24, 2.45) is 0 Å². The van der Waals surface area contributed by atoms with Gasteiger partial charge in [-0.15, -0.1) is 0 Å². The van der Waals surface area contributed by atoms with Crippen LogP contribution < -0.4 is 19.5 Å². The summed E-state index contributed by atoms with van der Waals surface area (Å²) in [5.41, 5.74) is 2.71. The van der Waals surface area contributed by atoms with E-state index in [9.17, 15) is 4.79 Å². The van der Waals surface area contributed by atoms with Crippen LogP contribution in [0.25, 0.3) is 0 Å². The third kappa shape index (κ3) is 4.41. The Morgan fingerprint density at radius 1 is 1.00 bits per heavy atom. The van der Waals surface area contributed by atoms with Gasteiger partial charge in [-0.3, -0.25) is 4.79 Å². The fourth-order valence-corrected chi connectivity index (χ4v) is 2.37. The molecule has 5 nitrogen and oxygen atoms in total. The monoisotopic (exact) mass is 329 g/mol. The van der Waals surface area contributed by atoms with E-state index in [-0.39, 0.29) is 5.91 Å². The molecule has 0 unspecified atom stereocenters. The van der Waals surface area contributed by atoms with Gasteiger partial charge in [0, 0.05) is 0 Å². The smallest absolute Gasteiger partial charge is 0.255 e. The molecule has 0 aliphatic rings. The molecule has 0 saturated heterocycles. The average molecular weight is 329 g/mol. The van der Waals surface area contributed by atoms with Crippen LogP contribution in [0.5, 0.6) is 17.2 Å². The zero-order valence-corrected chi connectivity index (χ0v) is 14.5. The van der Waals surface area contributed by atoms with Gasteiger partial charge in [-0.25, -0.2) is 0 Å². The fraction of sp³-hybridized carbons (Fsp3) is 0.316. The van der Waals surface area contributed by atoms with E-state index in [4.69, 9.17) is 14.2 Å². The molecule has 2 rings (SSSR count). The summed E-state index contributed by atoms with van der Waals surface area (Å²) >= 11 is 0. The van der Waals surface area contributed by atoms with E-state index in [1.54, 1.807) is 25.3 Å². The van der Waals surface area contributed by atoms with Gasteiger partial charge in [-0.2, -0.15) is 0 Å². The van der Waals surface area contributed by atoms with Gasteiger partial charge in [0.15, 0.2) is 0 Å². The van der Waals surface area contributed by atoms with Crippen LogP contribution in [0.2, 0.25) is 0 Å².